The Balaban J connectivity index is 2.06. The molecule has 1 fully saturated rings. The third-order valence-corrected chi connectivity index (χ3v) is 5.50. The van der Waals surface area contributed by atoms with Gasteiger partial charge in [-0.25, -0.2) is 0 Å². The van der Waals surface area contributed by atoms with Crippen molar-refractivity contribution < 1.29 is 0 Å². The van der Waals surface area contributed by atoms with Crippen LogP contribution in [0.25, 0.3) is 0 Å². The van der Waals surface area contributed by atoms with Crippen molar-refractivity contribution >= 4 is 21.6 Å². The number of hydrogen-bond acceptors (Lipinski definition) is 2. The van der Waals surface area contributed by atoms with Gasteiger partial charge in [0.05, 0.1) is 0 Å². The zero-order valence-corrected chi connectivity index (χ0v) is 9.72. The van der Waals surface area contributed by atoms with Gasteiger partial charge in [0.25, 0.3) is 0 Å². The Morgan fingerprint density at radius 2 is 1.00 bits per heavy atom. The lowest BCUT2D eigenvalue weighted by Gasteiger charge is -2.11. The molecule has 74 valence electrons. The molecule has 0 aliphatic carbocycles. The van der Waals surface area contributed by atoms with Crippen molar-refractivity contribution in [3.05, 3.63) is 71.8 Å². The first kappa shape index (κ1) is 9.37. The molecule has 0 saturated carbocycles. The molecular weight excluding hydrogens is 220 g/mol. The molecule has 1 saturated heterocycles. The van der Waals surface area contributed by atoms with E-state index in [1.807, 2.05) is 21.6 Å². The molecule has 0 spiro atoms. The van der Waals surface area contributed by atoms with E-state index < -0.39 is 0 Å². The van der Waals surface area contributed by atoms with Gasteiger partial charge in [0, 0.05) is 0 Å². The van der Waals surface area contributed by atoms with Crippen molar-refractivity contribution in [2.75, 3.05) is 0 Å². The van der Waals surface area contributed by atoms with Gasteiger partial charge < -0.3 is 0 Å². The molecule has 0 radical (unpaired) electrons. The fourth-order valence-electron chi connectivity index (χ4n) is 1.72. The predicted octanol–water partition coefficient (Wildman–Crippen LogP) is 4.28. The lowest BCUT2D eigenvalue weighted by molar-refractivity contribution is 1.11. The van der Waals surface area contributed by atoms with E-state index in [4.69, 9.17) is 0 Å². The van der Waals surface area contributed by atoms with Crippen LogP contribution in [-0.2, 0) is 4.08 Å². The summed E-state index contributed by atoms with van der Waals surface area (Å²) in [4.78, 5) is 0. The van der Waals surface area contributed by atoms with Crippen LogP contribution in [0.3, 0.4) is 0 Å². The lowest BCUT2D eigenvalue weighted by atomic mass is 10.0. The second kappa shape index (κ2) is 3.62. The van der Waals surface area contributed by atoms with E-state index in [0.29, 0.717) is 0 Å². The standard InChI is InChI=1S/C13H10S2/c1-3-7-11(8-4-1)13(14-15-13)12-9-5-2-6-10-12/h1-10H. The highest BCUT2D eigenvalue weighted by Gasteiger charge is 2.49. The molecule has 2 heteroatoms. The summed E-state index contributed by atoms with van der Waals surface area (Å²) in [5.41, 5.74) is 2.79. The third kappa shape index (κ3) is 1.58. The van der Waals surface area contributed by atoms with E-state index in [0.717, 1.165) is 0 Å². The Morgan fingerprint density at radius 1 is 0.600 bits per heavy atom. The first-order chi connectivity index (χ1) is 7.42. The molecule has 0 bridgehead atoms. The fraction of sp³-hybridized carbons (Fsp3) is 0.0769. The van der Waals surface area contributed by atoms with Crippen molar-refractivity contribution in [3.8, 4) is 0 Å². The molecule has 0 atom stereocenters. The van der Waals surface area contributed by atoms with E-state index in [1.165, 1.54) is 11.1 Å². The summed E-state index contributed by atoms with van der Waals surface area (Å²) < 4.78 is 0.169. The van der Waals surface area contributed by atoms with E-state index in [1.54, 1.807) is 0 Å². The van der Waals surface area contributed by atoms with Crippen LogP contribution in [0, 0.1) is 0 Å². The SMILES string of the molecule is c1ccc(C2(c3ccccc3)SS2)cc1. The average Bonchev–Trinajstić information content (AvgIpc) is 3.13. The van der Waals surface area contributed by atoms with Crippen LogP contribution >= 0.6 is 21.6 Å². The summed E-state index contributed by atoms with van der Waals surface area (Å²) in [7, 11) is 3.88. The highest BCUT2D eigenvalue weighted by molar-refractivity contribution is 8.93. The topological polar surface area (TPSA) is 0 Å². The highest BCUT2D eigenvalue weighted by Crippen LogP contribution is 2.74. The van der Waals surface area contributed by atoms with Gasteiger partial charge >= 0.3 is 0 Å². The van der Waals surface area contributed by atoms with Crippen LogP contribution in [0.2, 0.25) is 0 Å². The van der Waals surface area contributed by atoms with E-state index in [-0.39, 0.29) is 4.08 Å². The quantitative estimate of drug-likeness (QED) is 0.558. The van der Waals surface area contributed by atoms with E-state index >= 15 is 0 Å². The Kier molecular flexibility index (Phi) is 2.26. The van der Waals surface area contributed by atoms with E-state index in [9.17, 15) is 0 Å². The first-order valence-electron chi connectivity index (χ1n) is 4.90. The second-order valence-corrected chi connectivity index (χ2v) is 6.33. The average molecular weight is 230 g/mol. The van der Waals surface area contributed by atoms with Crippen LogP contribution < -0.4 is 0 Å². The first-order valence-corrected chi connectivity index (χ1v) is 7.05. The van der Waals surface area contributed by atoms with Gasteiger partial charge in [-0.1, -0.05) is 82.3 Å². The maximum absolute atomic E-state index is 2.21. The zero-order valence-electron chi connectivity index (χ0n) is 8.09. The van der Waals surface area contributed by atoms with Gasteiger partial charge in [-0.05, 0) is 11.1 Å². The van der Waals surface area contributed by atoms with Crippen molar-refractivity contribution in [3.63, 3.8) is 0 Å². The van der Waals surface area contributed by atoms with Gasteiger partial charge in [0.1, 0.15) is 4.08 Å². The normalized spacial score (nSPS) is 17.3. The smallest absolute Gasteiger partial charge is 0.0633 e. The minimum absolute atomic E-state index is 0.169. The van der Waals surface area contributed by atoms with Gasteiger partial charge in [-0.15, -0.1) is 0 Å². The fourth-order valence-corrected chi connectivity index (χ4v) is 4.13. The van der Waals surface area contributed by atoms with Crippen molar-refractivity contribution in [2.24, 2.45) is 0 Å². The molecule has 1 aliphatic heterocycles. The van der Waals surface area contributed by atoms with Gasteiger partial charge in [0.2, 0.25) is 0 Å². The van der Waals surface area contributed by atoms with Crippen LogP contribution in [0.15, 0.2) is 60.7 Å². The molecule has 0 unspecified atom stereocenters. The predicted molar refractivity (Wildman–Crippen MR) is 68.8 cm³/mol. The van der Waals surface area contributed by atoms with Crippen LogP contribution in [0.1, 0.15) is 11.1 Å². The molecule has 2 aromatic carbocycles. The summed E-state index contributed by atoms with van der Waals surface area (Å²) in [6.07, 6.45) is 0. The second-order valence-electron chi connectivity index (χ2n) is 3.52. The molecule has 3 rings (SSSR count). The van der Waals surface area contributed by atoms with E-state index in [2.05, 4.69) is 60.7 Å². The minimum Gasteiger partial charge on any atom is -0.0633 e. The molecule has 0 amide bonds. The number of hydrogen-bond donors (Lipinski definition) is 0. The monoisotopic (exact) mass is 230 g/mol. The zero-order chi connectivity index (χ0) is 10.1. The Labute approximate surface area is 97.5 Å². The maximum Gasteiger partial charge on any atom is 0.131 e. The molecular formula is C13H10S2. The summed E-state index contributed by atoms with van der Waals surface area (Å²) in [6.45, 7) is 0. The lowest BCUT2D eigenvalue weighted by Crippen LogP contribution is -2.04. The van der Waals surface area contributed by atoms with Crippen molar-refractivity contribution in [2.45, 2.75) is 4.08 Å². The third-order valence-electron chi connectivity index (χ3n) is 2.56. The molecule has 0 aromatic heterocycles. The number of rotatable bonds is 2. The largest absolute Gasteiger partial charge is 0.131 e. The highest BCUT2D eigenvalue weighted by atomic mass is 33.2. The minimum atomic E-state index is 0.169. The summed E-state index contributed by atoms with van der Waals surface area (Å²) >= 11 is 0. The maximum atomic E-state index is 2.21. The summed E-state index contributed by atoms with van der Waals surface area (Å²) in [6, 6.07) is 21.4. The van der Waals surface area contributed by atoms with Crippen LogP contribution in [0.5, 0.6) is 0 Å². The summed E-state index contributed by atoms with van der Waals surface area (Å²) in [5, 5.41) is 0. The van der Waals surface area contributed by atoms with Crippen molar-refractivity contribution in [1.29, 1.82) is 0 Å². The summed E-state index contributed by atoms with van der Waals surface area (Å²) in [5.74, 6) is 0. The Bertz CT molecular complexity index is 405. The van der Waals surface area contributed by atoms with Gasteiger partial charge in [0.15, 0.2) is 0 Å². The molecule has 0 N–H and O–H groups in total. The van der Waals surface area contributed by atoms with Gasteiger partial charge in [-0.2, -0.15) is 0 Å². The van der Waals surface area contributed by atoms with Crippen molar-refractivity contribution in [1.82, 2.24) is 0 Å². The van der Waals surface area contributed by atoms with Crippen LogP contribution in [-0.4, -0.2) is 0 Å². The Morgan fingerprint density at radius 3 is 1.33 bits per heavy atom. The molecule has 2 aromatic rings. The van der Waals surface area contributed by atoms with Gasteiger partial charge in [-0.3, -0.25) is 0 Å². The Hall–Kier alpha value is -0.860. The molecule has 15 heavy (non-hydrogen) atoms. The number of benzene rings is 2. The molecule has 0 nitrogen and oxygen atoms in total. The van der Waals surface area contributed by atoms with Crippen LogP contribution in [0.4, 0.5) is 0 Å². The molecule has 1 heterocycles. The molecule has 1 aliphatic rings.